The predicted molar refractivity (Wildman–Crippen MR) is 222 cm³/mol. The van der Waals surface area contributed by atoms with Gasteiger partial charge in [0.2, 0.25) is 11.9 Å². The van der Waals surface area contributed by atoms with Crippen LogP contribution in [0, 0.1) is 13.8 Å². The molecule has 2 aromatic carbocycles. The van der Waals surface area contributed by atoms with Crippen LogP contribution in [0.5, 0.6) is 0 Å². The van der Waals surface area contributed by atoms with Gasteiger partial charge in [0.05, 0.1) is 25.8 Å². The van der Waals surface area contributed by atoms with Crippen LogP contribution < -0.4 is 35.6 Å². The maximum atomic E-state index is 13.0. The number of benzene rings is 2. The smallest absolute Gasteiger partial charge is 0.330 e. The zero-order valence-corrected chi connectivity index (χ0v) is 33.2. The SMILES string of the molecule is Cc1ccccc1N1Cc2cnc(NC3CCN(C[C@@H](O)CO)CC3)nc2N(C)C1=O.Cc1ccccc1N1Cc2cnc(NC3CCNCC3)nc2N(C)C1=O. The molecule has 302 valence electrons. The fourth-order valence-corrected chi connectivity index (χ4v) is 7.81. The summed E-state index contributed by atoms with van der Waals surface area (Å²) in [6.45, 7) is 8.90. The third kappa shape index (κ3) is 9.09. The van der Waals surface area contributed by atoms with Gasteiger partial charge in [0.15, 0.2) is 0 Å². The van der Waals surface area contributed by atoms with Crippen molar-refractivity contribution in [2.75, 3.05) is 83.7 Å². The number of likely N-dealkylation sites (tertiary alicyclic amines) is 1. The van der Waals surface area contributed by atoms with Gasteiger partial charge >= 0.3 is 12.1 Å². The average Bonchev–Trinajstić information content (AvgIpc) is 3.23. The first-order valence-electron chi connectivity index (χ1n) is 19.8. The molecule has 4 amide bonds. The Balaban J connectivity index is 0.000000177. The molecular formula is C41H54N12O4. The Morgan fingerprint density at radius 3 is 1.65 bits per heavy atom. The van der Waals surface area contributed by atoms with E-state index in [0.717, 1.165) is 85.5 Å². The molecule has 5 N–H and O–H groups in total. The monoisotopic (exact) mass is 778 g/mol. The first kappa shape index (κ1) is 39.8. The molecular weight excluding hydrogens is 725 g/mol. The highest BCUT2D eigenvalue weighted by Gasteiger charge is 2.33. The third-order valence-corrected chi connectivity index (χ3v) is 11.1. The quantitative estimate of drug-likeness (QED) is 0.165. The Kier molecular flexibility index (Phi) is 12.4. The number of urea groups is 2. The third-order valence-electron chi connectivity index (χ3n) is 11.1. The first-order chi connectivity index (χ1) is 27.6. The number of carbonyl (C=O) groups is 2. The number of hydrogen-bond donors (Lipinski definition) is 5. The largest absolute Gasteiger partial charge is 0.394 e. The summed E-state index contributed by atoms with van der Waals surface area (Å²) in [5, 5.41) is 28.8. The molecule has 2 saturated heterocycles. The lowest BCUT2D eigenvalue weighted by molar-refractivity contribution is 0.0522. The Morgan fingerprint density at radius 1 is 0.737 bits per heavy atom. The topological polar surface area (TPSA) is 178 Å². The minimum atomic E-state index is -0.694. The van der Waals surface area contributed by atoms with Gasteiger partial charge in [-0.3, -0.25) is 19.6 Å². The Bertz CT molecular complexity index is 2040. The van der Waals surface area contributed by atoms with E-state index in [1.165, 1.54) is 0 Å². The van der Waals surface area contributed by atoms with Crippen molar-refractivity contribution in [3.8, 4) is 0 Å². The summed E-state index contributed by atoms with van der Waals surface area (Å²) in [5.41, 5.74) is 5.79. The van der Waals surface area contributed by atoms with Crippen LogP contribution >= 0.6 is 0 Å². The summed E-state index contributed by atoms with van der Waals surface area (Å²) in [4.78, 5) is 53.1. The average molecular weight is 779 g/mol. The maximum absolute atomic E-state index is 13.0. The number of anilines is 6. The van der Waals surface area contributed by atoms with E-state index >= 15 is 0 Å². The van der Waals surface area contributed by atoms with Crippen LogP contribution in [0.15, 0.2) is 60.9 Å². The van der Waals surface area contributed by atoms with Gasteiger partial charge in [0.1, 0.15) is 11.6 Å². The summed E-state index contributed by atoms with van der Waals surface area (Å²) in [6, 6.07) is 16.2. The molecule has 16 heteroatoms. The number of para-hydroxylation sites is 2. The van der Waals surface area contributed by atoms with Crippen molar-refractivity contribution in [3.63, 3.8) is 0 Å². The lowest BCUT2D eigenvalue weighted by Gasteiger charge is -2.35. The zero-order chi connectivity index (χ0) is 40.1. The minimum absolute atomic E-state index is 0.0710. The van der Waals surface area contributed by atoms with E-state index in [9.17, 15) is 14.7 Å². The lowest BCUT2D eigenvalue weighted by Crippen LogP contribution is -2.46. The van der Waals surface area contributed by atoms with Gasteiger partial charge in [-0.05, 0) is 75.9 Å². The molecule has 4 aliphatic heterocycles. The van der Waals surface area contributed by atoms with E-state index in [0.29, 0.717) is 49.2 Å². The molecule has 0 radical (unpaired) electrons. The number of β-amino-alcohol motifs (C(OH)–C–C–N with tert-alkyl or cyclic N) is 1. The molecule has 16 nitrogen and oxygen atoms in total. The van der Waals surface area contributed by atoms with Crippen LogP contribution in [-0.2, 0) is 13.1 Å². The van der Waals surface area contributed by atoms with Crippen molar-refractivity contribution in [2.24, 2.45) is 0 Å². The number of rotatable bonds is 9. The summed E-state index contributed by atoms with van der Waals surface area (Å²) in [7, 11) is 3.51. The summed E-state index contributed by atoms with van der Waals surface area (Å²) >= 11 is 0. The fraction of sp³-hybridized carbons (Fsp3) is 0.463. The molecule has 0 aliphatic carbocycles. The van der Waals surface area contributed by atoms with E-state index in [-0.39, 0.29) is 24.7 Å². The van der Waals surface area contributed by atoms with Crippen molar-refractivity contribution >= 4 is 47.0 Å². The second kappa shape index (κ2) is 17.8. The Labute approximate surface area is 333 Å². The number of aliphatic hydroxyl groups is 2. The molecule has 0 spiro atoms. The molecule has 8 rings (SSSR count). The summed E-state index contributed by atoms with van der Waals surface area (Å²) < 4.78 is 0. The highest BCUT2D eigenvalue weighted by atomic mass is 16.3. The molecule has 2 aromatic heterocycles. The molecule has 4 aliphatic rings. The number of aryl methyl sites for hydroxylation is 2. The van der Waals surface area contributed by atoms with Crippen LogP contribution in [0.1, 0.15) is 47.9 Å². The fourth-order valence-electron chi connectivity index (χ4n) is 7.81. The van der Waals surface area contributed by atoms with Crippen LogP contribution in [0.2, 0.25) is 0 Å². The normalized spacial score (nSPS) is 18.4. The van der Waals surface area contributed by atoms with Gasteiger partial charge in [-0.1, -0.05) is 36.4 Å². The number of aliphatic hydroxyl groups excluding tert-OH is 2. The summed E-state index contributed by atoms with van der Waals surface area (Å²) in [6.07, 6.45) is 6.84. The molecule has 4 aromatic rings. The highest BCUT2D eigenvalue weighted by molar-refractivity contribution is 6.06. The molecule has 6 heterocycles. The first-order valence-corrected chi connectivity index (χ1v) is 19.8. The number of nitrogens with one attached hydrogen (secondary N) is 3. The van der Waals surface area contributed by atoms with Crippen molar-refractivity contribution in [3.05, 3.63) is 83.2 Å². The van der Waals surface area contributed by atoms with Crippen LogP contribution in [0.3, 0.4) is 0 Å². The number of hydrogen-bond acceptors (Lipinski definition) is 12. The van der Waals surface area contributed by atoms with E-state index in [1.807, 2.05) is 68.6 Å². The van der Waals surface area contributed by atoms with Crippen LogP contribution in [0.25, 0.3) is 0 Å². The molecule has 1 atom stereocenters. The summed E-state index contributed by atoms with van der Waals surface area (Å²) in [5.74, 6) is 2.44. The number of piperidine rings is 2. The number of aromatic nitrogens is 4. The second-order valence-corrected chi connectivity index (χ2v) is 15.2. The van der Waals surface area contributed by atoms with Gasteiger partial charge in [0, 0.05) is 80.7 Å². The number of amides is 4. The van der Waals surface area contributed by atoms with Crippen molar-refractivity contribution in [2.45, 2.75) is 70.8 Å². The van der Waals surface area contributed by atoms with Crippen molar-refractivity contribution in [1.29, 1.82) is 0 Å². The molecule has 57 heavy (non-hydrogen) atoms. The van der Waals surface area contributed by atoms with Crippen LogP contribution in [0.4, 0.5) is 44.5 Å². The highest BCUT2D eigenvalue weighted by Crippen LogP contribution is 2.33. The van der Waals surface area contributed by atoms with Crippen LogP contribution in [-0.4, -0.2) is 119 Å². The molecule has 0 unspecified atom stereocenters. The van der Waals surface area contributed by atoms with E-state index in [2.05, 4.69) is 40.8 Å². The molecule has 0 saturated carbocycles. The van der Waals surface area contributed by atoms with Gasteiger partial charge in [-0.25, -0.2) is 19.6 Å². The number of carbonyl (C=O) groups excluding carboxylic acids is 2. The Hall–Kier alpha value is -5.42. The van der Waals surface area contributed by atoms with Gasteiger partial charge < -0.3 is 31.1 Å². The lowest BCUT2D eigenvalue weighted by atomic mass is 10.0. The zero-order valence-electron chi connectivity index (χ0n) is 33.2. The standard InChI is InChI=1S/C22H30N6O3.C19H24N6O/c1-15-5-3-4-6-19(15)28-12-16-11-23-21(25-20(16)26(2)22(28)31)24-17-7-9-27(10-8-17)13-18(30)14-29;1-13-5-3-4-6-16(13)25-12-14-11-21-18(22-15-7-9-20-10-8-15)23-17(14)24(2)19(25)26/h3-6,11,17-18,29-30H,7-10,12-14H2,1-2H3,(H,23,24,25);3-6,11,15,20H,7-10,12H2,1-2H3,(H,21,22,23)/t18-;/m1./s1. The van der Waals surface area contributed by atoms with Gasteiger partial charge in [-0.15, -0.1) is 0 Å². The Morgan fingerprint density at radius 2 is 1.19 bits per heavy atom. The maximum Gasteiger partial charge on any atom is 0.330 e. The van der Waals surface area contributed by atoms with Crippen molar-refractivity contribution < 1.29 is 19.8 Å². The van der Waals surface area contributed by atoms with E-state index in [4.69, 9.17) is 5.11 Å². The van der Waals surface area contributed by atoms with Crippen molar-refractivity contribution in [1.82, 2.24) is 30.2 Å². The van der Waals surface area contributed by atoms with Gasteiger partial charge in [0.25, 0.3) is 0 Å². The minimum Gasteiger partial charge on any atom is -0.394 e. The van der Waals surface area contributed by atoms with Gasteiger partial charge in [-0.2, -0.15) is 9.97 Å². The van der Waals surface area contributed by atoms with E-state index in [1.54, 1.807) is 39.9 Å². The molecule has 0 bridgehead atoms. The predicted octanol–water partition coefficient (Wildman–Crippen LogP) is 4.12. The van der Waals surface area contributed by atoms with E-state index < -0.39 is 6.10 Å². The number of nitrogens with zero attached hydrogens (tertiary/aromatic N) is 9. The number of fused-ring (bicyclic) bond motifs is 2. The molecule has 2 fully saturated rings. The second-order valence-electron chi connectivity index (χ2n) is 15.2.